The summed E-state index contributed by atoms with van der Waals surface area (Å²) in [6.45, 7) is 0. The van der Waals surface area contributed by atoms with E-state index in [1.807, 2.05) is 0 Å². The third-order valence-corrected chi connectivity index (χ3v) is 1.66. The van der Waals surface area contributed by atoms with Crippen molar-refractivity contribution in [3.05, 3.63) is 32.4 Å². The predicted octanol–water partition coefficient (Wildman–Crippen LogP) is 0.851. The maximum Gasteiger partial charge on any atom is 0.365 e. The summed E-state index contributed by atoms with van der Waals surface area (Å²) in [5.41, 5.74) is 4.99. The third-order valence-electron chi connectivity index (χ3n) is 1.25. The summed E-state index contributed by atoms with van der Waals surface area (Å²) in [7, 11) is 0. The van der Waals surface area contributed by atoms with Gasteiger partial charge in [0, 0.05) is 28.1 Å². The average molecular weight is 246 g/mol. The molecule has 68 valence electrons. The Balaban J connectivity index is 3.26. The van der Waals surface area contributed by atoms with Gasteiger partial charge in [0.1, 0.15) is 0 Å². The number of carbonyl (C=O) groups excluding carboxylic acids is 1. The quantitative estimate of drug-likeness (QED) is 0.475. The van der Waals surface area contributed by atoms with Crippen LogP contribution in [0.2, 0.25) is 0 Å². The number of nitrogens with two attached hydrogens (primary N) is 1. The number of nitrogens with zero attached hydrogens (tertiary/aromatic N) is 2. The largest absolute Gasteiger partial charge is 0.366 e. The predicted molar refractivity (Wildman–Crippen MR) is 47.1 cm³/mol. The van der Waals surface area contributed by atoms with Gasteiger partial charge in [0.25, 0.3) is 0 Å². The first-order chi connectivity index (χ1) is 6.00. The lowest BCUT2D eigenvalue weighted by Crippen LogP contribution is -2.11. The van der Waals surface area contributed by atoms with Crippen molar-refractivity contribution < 1.29 is 9.72 Å². The number of nitro groups is 1. The van der Waals surface area contributed by atoms with Crippen LogP contribution < -0.4 is 5.73 Å². The first kappa shape index (κ1) is 9.59. The Hall–Kier alpha value is -1.50. The normalized spacial score (nSPS) is 9.62. The lowest BCUT2D eigenvalue weighted by molar-refractivity contribution is -0.389. The second kappa shape index (κ2) is 3.48. The van der Waals surface area contributed by atoms with Crippen LogP contribution in [0.25, 0.3) is 0 Å². The standard InChI is InChI=1S/C6H4BrN3O3/c7-4-1-3(6(8)11)2-5(9-4)10(12)13/h1-2H,(H2,8,11). The zero-order chi connectivity index (χ0) is 10.0. The smallest absolute Gasteiger partial charge is 0.365 e. The van der Waals surface area contributed by atoms with Gasteiger partial charge in [-0.3, -0.25) is 4.79 Å². The minimum atomic E-state index is -0.730. The van der Waals surface area contributed by atoms with E-state index in [0.29, 0.717) is 0 Å². The summed E-state index contributed by atoms with van der Waals surface area (Å²) in [5.74, 6) is -1.14. The minimum absolute atomic E-state index is 0.0496. The second-order valence-electron chi connectivity index (χ2n) is 2.16. The van der Waals surface area contributed by atoms with Crippen LogP contribution in [-0.2, 0) is 0 Å². The highest BCUT2D eigenvalue weighted by molar-refractivity contribution is 9.10. The van der Waals surface area contributed by atoms with E-state index in [9.17, 15) is 14.9 Å². The molecule has 0 spiro atoms. The minimum Gasteiger partial charge on any atom is -0.366 e. The molecular weight excluding hydrogens is 242 g/mol. The monoisotopic (exact) mass is 245 g/mol. The Labute approximate surface area is 81.0 Å². The Kier molecular flexibility index (Phi) is 2.57. The van der Waals surface area contributed by atoms with Gasteiger partial charge in [0.05, 0.1) is 5.56 Å². The molecule has 0 bridgehead atoms. The molecule has 1 amide bonds. The third kappa shape index (κ3) is 2.22. The summed E-state index contributed by atoms with van der Waals surface area (Å²) < 4.78 is 0.204. The van der Waals surface area contributed by atoms with E-state index in [-0.39, 0.29) is 10.2 Å². The van der Waals surface area contributed by atoms with E-state index in [4.69, 9.17) is 5.73 Å². The van der Waals surface area contributed by atoms with E-state index < -0.39 is 16.6 Å². The van der Waals surface area contributed by atoms with Crippen LogP contribution in [0.15, 0.2) is 16.7 Å². The molecule has 1 rings (SSSR count). The van der Waals surface area contributed by atoms with Gasteiger partial charge in [-0.15, -0.1) is 0 Å². The van der Waals surface area contributed by atoms with Crippen molar-refractivity contribution in [1.82, 2.24) is 4.98 Å². The fraction of sp³-hybridized carbons (Fsp3) is 0. The van der Waals surface area contributed by atoms with Crippen molar-refractivity contribution in [3.63, 3.8) is 0 Å². The SMILES string of the molecule is NC(=O)c1cc(Br)nc([N+](=O)[O-])c1. The summed E-state index contributed by atoms with van der Waals surface area (Å²) in [6.07, 6.45) is 0. The molecule has 0 aromatic carbocycles. The molecular formula is C6H4BrN3O3. The molecule has 2 N–H and O–H groups in total. The van der Waals surface area contributed by atoms with Crippen molar-refractivity contribution in [3.8, 4) is 0 Å². The Morgan fingerprint density at radius 2 is 2.23 bits per heavy atom. The highest BCUT2D eigenvalue weighted by Crippen LogP contribution is 2.16. The van der Waals surface area contributed by atoms with Crippen LogP contribution in [0.3, 0.4) is 0 Å². The molecule has 0 aliphatic rings. The highest BCUT2D eigenvalue weighted by atomic mass is 79.9. The number of rotatable bonds is 2. The number of halogens is 1. The molecule has 0 saturated heterocycles. The van der Waals surface area contributed by atoms with Crippen molar-refractivity contribution in [2.45, 2.75) is 0 Å². The molecule has 13 heavy (non-hydrogen) atoms. The number of primary amides is 1. The van der Waals surface area contributed by atoms with Gasteiger partial charge >= 0.3 is 5.82 Å². The van der Waals surface area contributed by atoms with Gasteiger partial charge in [-0.25, -0.2) is 0 Å². The van der Waals surface area contributed by atoms with Crippen molar-refractivity contribution >= 4 is 27.7 Å². The molecule has 0 radical (unpaired) electrons. The van der Waals surface area contributed by atoms with E-state index in [2.05, 4.69) is 20.9 Å². The van der Waals surface area contributed by atoms with E-state index in [1.54, 1.807) is 0 Å². The Morgan fingerprint density at radius 1 is 1.62 bits per heavy atom. The van der Waals surface area contributed by atoms with Crippen LogP contribution in [-0.4, -0.2) is 15.8 Å². The molecule has 0 atom stereocenters. The van der Waals surface area contributed by atoms with Gasteiger partial charge in [-0.1, -0.05) is 0 Å². The lowest BCUT2D eigenvalue weighted by atomic mass is 10.2. The second-order valence-corrected chi connectivity index (χ2v) is 2.97. The van der Waals surface area contributed by atoms with E-state index in [1.165, 1.54) is 6.07 Å². The van der Waals surface area contributed by atoms with Crippen molar-refractivity contribution in [2.24, 2.45) is 5.73 Å². The molecule has 1 aromatic rings. The number of aromatic nitrogens is 1. The van der Waals surface area contributed by atoms with Crippen LogP contribution in [0.4, 0.5) is 5.82 Å². The van der Waals surface area contributed by atoms with Crippen LogP contribution >= 0.6 is 15.9 Å². The fourth-order valence-corrected chi connectivity index (χ4v) is 1.15. The van der Waals surface area contributed by atoms with E-state index in [0.717, 1.165) is 6.07 Å². The number of hydrogen-bond acceptors (Lipinski definition) is 4. The van der Waals surface area contributed by atoms with Gasteiger partial charge in [0.2, 0.25) is 10.5 Å². The average Bonchev–Trinajstić information content (AvgIpc) is 2.03. The molecule has 6 nitrogen and oxygen atoms in total. The first-order valence-electron chi connectivity index (χ1n) is 3.12. The van der Waals surface area contributed by atoms with Gasteiger partial charge in [0.15, 0.2) is 0 Å². The fourth-order valence-electron chi connectivity index (χ4n) is 0.719. The lowest BCUT2D eigenvalue weighted by Gasteiger charge is -1.95. The maximum atomic E-state index is 10.7. The van der Waals surface area contributed by atoms with Gasteiger partial charge < -0.3 is 15.8 Å². The van der Waals surface area contributed by atoms with Crippen molar-refractivity contribution in [2.75, 3.05) is 0 Å². The molecule has 0 saturated carbocycles. The summed E-state index contributed by atoms with van der Waals surface area (Å²) in [5, 5.41) is 10.3. The number of hydrogen-bond donors (Lipinski definition) is 1. The van der Waals surface area contributed by atoms with Gasteiger partial charge in [-0.2, -0.15) is 0 Å². The molecule has 0 unspecified atom stereocenters. The maximum absolute atomic E-state index is 10.7. The summed E-state index contributed by atoms with van der Waals surface area (Å²) in [4.78, 5) is 23.8. The van der Waals surface area contributed by atoms with Crippen LogP contribution in [0.5, 0.6) is 0 Å². The van der Waals surface area contributed by atoms with Crippen LogP contribution in [0.1, 0.15) is 10.4 Å². The number of carbonyl (C=O) groups is 1. The first-order valence-corrected chi connectivity index (χ1v) is 3.92. The number of amides is 1. The molecule has 0 aliphatic carbocycles. The zero-order valence-corrected chi connectivity index (χ0v) is 7.82. The number of pyridine rings is 1. The molecule has 7 heteroatoms. The molecule has 1 aromatic heterocycles. The Morgan fingerprint density at radius 3 is 2.69 bits per heavy atom. The molecule has 0 aliphatic heterocycles. The summed E-state index contributed by atoms with van der Waals surface area (Å²) >= 11 is 2.93. The van der Waals surface area contributed by atoms with Crippen molar-refractivity contribution in [1.29, 1.82) is 0 Å². The zero-order valence-electron chi connectivity index (χ0n) is 6.23. The van der Waals surface area contributed by atoms with E-state index >= 15 is 0 Å². The summed E-state index contributed by atoms with van der Waals surface area (Å²) in [6, 6.07) is 2.34. The molecule has 1 heterocycles. The van der Waals surface area contributed by atoms with Crippen LogP contribution in [0, 0.1) is 10.1 Å². The highest BCUT2D eigenvalue weighted by Gasteiger charge is 2.13. The Bertz CT molecular complexity index is 347. The topological polar surface area (TPSA) is 99.1 Å². The van der Waals surface area contributed by atoms with Gasteiger partial charge in [-0.05, 0) is 9.91 Å². The molecule has 0 fully saturated rings.